The molecule has 0 aliphatic carbocycles. The van der Waals surface area contributed by atoms with Gasteiger partial charge in [-0.2, -0.15) is 0 Å². The van der Waals surface area contributed by atoms with Crippen molar-refractivity contribution in [3.63, 3.8) is 0 Å². The first-order valence-corrected chi connectivity index (χ1v) is 8.76. The summed E-state index contributed by atoms with van der Waals surface area (Å²) in [6, 6.07) is 15.4. The van der Waals surface area contributed by atoms with Gasteiger partial charge in [-0.15, -0.1) is 0 Å². The number of benzene rings is 2. The molecule has 0 unspecified atom stereocenters. The second-order valence-corrected chi connectivity index (χ2v) is 6.00. The molecule has 3 rings (SSSR count). The number of aromatic amines is 1. The van der Waals surface area contributed by atoms with Crippen LogP contribution in [-0.4, -0.2) is 18.7 Å². The third-order valence-corrected chi connectivity index (χ3v) is 4.09. The van der Waals surface area contributed by atoms with Gasteiger partial charge in [-0.05, 0) is 24.1 Å². The van der Waals surface area contributed by atoms with Crippen molar-refractivity contribution >= 4 is 10.9 Å². The van der Waals surface area contributed by atoms with Crippen molar-refractivity contribution < 1.29 is 14.2 Å². The third-order valence-electron chi connectivity index (χ3n) is 4.09. The highest BCUT2D eigenvalue weighted by Crippen LogP contribution is 2.33. The summed E-state index contributed by atoms with van der Waals surface area (Å²) >= 11 is 0. The molecular weight excluding hydrogens is 330 g/mol. The smallest absolute Gasteiger partial charge is 0.294 e. The molecular formula is C21H23NO4. The molecule has 136 valence electrons. The molecule has 0 bridgehead atoms. The third kappa shape index (κ3) is 3.99. The number of unbranched alkanes of at least 4 members (excludes halogenated alkanes) is 1. The number of H-pyrrole nitrogens is 1. The van der Waals surface area contributed by atoms with E-state index in [0.717, 1.165) is 29.5 Å². The van der Waals surface area contributed by atoms with Gasteiger partial charge in [-0.25, -0.2) is 0 Å². The van der Waals surface area contributed by atoms with Crippen LogP contribution in [0.4, 0.5) is 0 Å². The Hall–Kier alpha value is -2.95. The molecule has 26 heavy (non-hydrogen) atoms. The SMILES string of the molecule is CCCCOc1ccc2c(OCc3ccccc3)c(OC)c(=O)[nH]c2c1. The van der Waals surface area contributed by atoms with Crippen molar-refractivity contribution in [1.29, 1.82) is 0 Å². The highest BCUT2D eigenvalue weighted by atomic mass is 16.5. The minimum atomic E-state index is -0.325. The lowest BCUT2D eigenvalue weighted by molar-refractivity contribution is 0.286. The van der Waals surface area contributed by atoms with Crippen LogP contribution in [0.2, 0.25) is 0 Å². The number of pyridine rings is 1. The summed E-state index contributed by atoms with van der Waals surface area (Å²) in [4.78, 5) is 15.2. The van der Waals surface area contributed by atoms with Crippen LogP contribution in [0.1, 0.15) is 25.3 Å². The maximum atomic E-state index is 12.4. The number of aromatic nitrogens is 1. The van der Waals surface area contributed by atoms with Crippen molar-refractivity contribution in [2.75, 3.05) is 13.7 Å². The molecule has 0 spiro atoms. The molecule has 1 N–H and O–H groups in total. The van der Waals surface area contributed by atoms with Crippen LogP contribution in [-0.2, 0) is 6.61 Å². The molecule has 0 fully saturated rings. The second kappa shape index (κ2) is 8.43. The van der Waals surface area contributed by atoms with E-state index >= 15 is 0 Å². The quantitative estimate of drug-likeness (QED) is 0.614. The van der Waals surface area contributed by atoms with Gasteiger partial charge in [0.25, 0.3) is 5.56 Å². The van der Waals surface area contributed by atoms with E-state index in [1.54, 1.807) is 0 Å². The second-order valence-electron chi connectivity index (χ2n) is 6.00. The predicted molar refractivity (Wildman–Crippen MR) is 102 cm³/mol. The van der Waals surface area contributed by atoms with Crippen LogP contribution in [0.5, 0.6) is 17.2 Å². The first kappa shape index (κ1) is 17.9. The Morgan fingerprint density at radius 3 is 2.54 bits per heavy atom. The van der Waals surface area contributed by atoms with Gasteiger partial charge < -0.3 is 19.2 Å². The Bertz CT molecular complexity index is 918. The minimum absolute atomic E-state index is 0.174. The van der Waals surface area contributed by atoms with Gasteiger partial charge in [0.15, 0.2) is 5.75 Å². The number of hydrogen-bond acceptors (Lipinski definition) is 4. The molecule has 0 saturated carbocycles. The maximum absolute atomic E-state index is 12.4. The normalized spacial score (nSPS) is 10.7. The van der Waals surface area contributed by atoms with E-state index in [1.807, 2.05) is 48.5 Å². The first-order chi connectivity index (χ1) is 12.7. The number of nitrogens with one attached hydrogen (secondary N) is 1. The molecule has 5 nitrogen and oxygen atoms in total. The molecule has 1 aromatic heterocycles. The molecule has 1 heterocycles. The summed E-state index contributed by atoms with van der Waals surface area (Å²) in [5, 5.41) is 0.778. The van der Waals surface area contributed by atoms with Gasteiger partial charge in [0, 0.05) is 11.5 Å². The molecule has 0 aliphatic rings. The van der Waals surface area contributed by atoms with E-state index < -0.39 is 0 Å². The maximum Gasteiger partial charge on any atom is 0.294 e. The minimum Gasteiger partial charge on any atom is -0.494 e. The lowest BCUT2D eigenvalue weighted by atomic mass is 10.2. The van der Waals surface area contributed by atoms with Crippen molar-refractivity contribution in [3.05, 3.63) is 64.4 Å². The fourth-order valence-electron chi connectivity index (χ4n) is 2.71. The zero-order valence-corrected chi connectivity index (χ0v) is 15.1. The standard InChI is InChI=1S/C21H23NO4/c1-3-4-12-25-16-10-11-17-18(13-16)22-21(23)20(24-2)19(17)26-14-15-8-6-5-7-9-15/h5-11,13H,3-4,12,14H2,1-2H3,(H,22,23). The number of methoxy groups -OCH3 is 1. The molecule has 5 heteroatoms. The average Bonchev–Trinajstić information content (AvgIpc) is 2.66. The topological polar surface area (TPSA) is 60.6 Å². The monoisotopic (exact) mass is 353 g/mol. The fourth-order valence-corrected chi connectivity index (χ4v) is 2.71. The van der Waals surface area contributed by atoms with Crippen LogP contribution < -0.4 is 19.8 Å². The van der Waals surface area contributed by atoms with Gasteiger partial charge in [0.2, 0.25) is 5.75 Å². The van der Waals surface area contributed by atoms with E-state index in [2.05, 4.69) is 11.9 Å². The number of ether oxygens (including phenoxy) is 3. The van der Waals surface area contributed by atoms with Crippen LogP contribution in [0.3, 0.4) is 0 Å². The molecule has 0 amide bonds. The summed E-state index contributed by atoms with van der Waals surface area (Å²) in [6.45, 7) is 3.12. The molecule has 3 aromatic rings. The zero-order valence-electron chi connectivity index (χ0n) is 15.1. The number of fused-ring (bicyclic) bond motifs is 1. The lowest BCUT2D eigenvalue weighted by Crippen LogP contribution is -2.12. The van der Waals surface area contributed by atoms with Crippen LogP contribution in [0.25, 0.3) is 10.9 Å². The number of hydrogen-bond donors (Lipinski definition) is 1. The van der Waals surface area contributed by atoms with E-state index in [4.69, 9.17) is 14.2 Å². The lowest BCUT2D eigenvalue weighted by Gasteiger charge is -2.14. The summed E-state index contributed by atoms with van der Waals surface area (Å²) < 4.78 is 17.0. The molecule has 0 radical (unpaired) electrons. The van der Waals surface area contributed by atoms with Crippen LogP contribution in [0.15, 0.2) is 53.3 Å². The summed E-state index contributed by atoms with van der Waals surface area (Å²) in [5.41, 5.74) is 1.35. The van der Waals surface area contributed by atoms with Crippen LogP contribution in [0, 0.1) is 0 Å². The Kier molecular flexibility index (Phi) is 5.79. The summed E-state index contributed by atoms with van der Waals surface area (Å²) in [7, 11) is 1.47. The van der Waals surface area contributed by atoms with E-state index in [-0.39, 0.29) is 11.3 Å². The highest BCUT2D eigenvalue weighted by Gasteiger charge is 2.15. The molecule has 0 atom stereocenters. The predicted octanol–water partition coefficient (Wildman–Crippen LogP) is 4.29. The van der Waals surface area contributed by atoms with Crippen LogP contribution >= 0.6 is 0 Å². The molecule has 0 saturated heterocycles. The fraction of sp³-hybridized carbons (Fsp3) is 0.286. The van der Waals surface area contributed by atoms with Crippen molar-refractivity contribution in [1.82, 2.24) is 4.98 Å². The van der Waals surface area contributed by atoms with Gasteiger partial charge in [0.1, 0.15) is 12.4 Å². The highest BCUT2D eigenvalue weighted by molar-refractivity contribution is 5.88. The molecule has 0 aliphatic heterocycles. The Labute approximate surface area is 152 Å². The molecule has 2 aromatic carbocycles. The van der Waals surface area contributed by atoms with Crippen molar-refractivity contribution in [2.45, 2.75) is 26.4 Å². The van der Waals surface area contributed by atoms with Crippen molar-refractivity contribution in [2.24, 2.45) is 0 Å². The largest absolute Gasteiger partial charge is 0.494 e. The van der Waals surface area contributed by atoms with Gasteiger partial charge in [-0.1, -0.05) is 43.7 Å². The van der Waals surface area contributed by atoms with Gasteiger partial charge >= 0.3 is 0 Å². The van der Waals surface area contributed by atoms with Gasteiger partial charge in [0.05, 0.1) is 19.2 Å². The van der Waals surface area contributed by atoms with Gasteiger partial charge in [-0.3, -0.25) is 4.79 Å². The number of rotatable bonds is 8. The summed E-state index contributed by atoms with van der Waals surface area (Å²) in [6.07, 6.45) is 2.06. The average molecular weight is 353 g/mol. The van der Waals surface area contributed by atoms with E-state index in [0.29, 0.717) is 24.5 Å². The Balaban J connectivity index is 1.94. The Morgan fingerprint density at radius 2 is 1.81 bits per heavy atom. The first-order valence-electron chi connectivity index (χ1n) is 8.76. The Morgan fingerprint density at radius 1 is 1.00 bits per heavy atom. The zero-order chi connectivity index (χ0) is 18.4. The summed E-state index contributed by atoms with van der Waals surface area (Å²) in [5.74, 6) is 1.34. The van der Waals surface area contributed by atoms with E-state index in [1.165, 1.54) is 7.11 Å². The van der Waals surface area contributed by atoms with E-state index in [9.17, 15) is 4.79 Å². The van der Waals surface area contributed by atoms with Crippen molar-refractivity contribution in [3.8, 4) is 17.2 Å².